The Morgan fingerprint density at radius 3 is 2.32 bits per heavy atom. The van der Waals surface area contributed by atoms with Crippen molar-refractivity contribution in [2.24, 2.45) is 17.6 Å². The van der Waals surface area contributed by atoms with E-state index in [-0.39, 0.29) is 17.9 Å². The highest BCUT2D eigenvalue weighted by Crippen LogP contribution is 2.26. The van der Waals surface area contributed by atoms with E-state index in [1.165, 1.54) is 44.9 Å². The molecule has 1 amide bonds. The summed E-state index contributed by atoms with van der Waals surface area (Å²) in [6.07, 6.45) is 13.6. The third-order valence-electron chi connectivity index (χ3n) is 4.98. The molecule has 2 rings (SSSR count). The molecule has 0 aromatic rings. The molecule has 3 heteroatoms. The number of nitrogens with one attached hydrogen (secondary N) is 1. The van der Waals surface area contributed by atoms with Crippen LogP contribution in [0.4, 0.5) is 0 Å². The predicted octanol–water partition coefficient (Wildman–Crippen LogP) is 2.98. The largest absolute Gasteiger partial charge is 0.356 e. The van der Waals surface area contributed by atoms with E-state index in [9.17, 15) is 4.79 Å². The Kier molecular flexibility index (Phi) is 6.15. The molecule has 2 unspecified atom stereocenters. The zero-order chi connectivity index (χ0) is 13.5. The van der Waals surface area contributed by atoms with Crippen molar-refractivity contribution in [2.45, 2.75) is 76.7 Å². The summed E-state index contributed by atoms with van der Waals surface area (Å²) in [6.45, 7) is 0.854. The molecule has 110 valence electrons. The molecule has 2 fully saturated rings. The fourth-order valence-corrected chi connectivity index (χ4v) is 3.67. The molecule has 2 aliphatic rings. The molecule has 2 atom stereocenters. The van der Waals surface area contributed by atoms with Gasteiger partial charge in [-0.05, 0) is 25.2 Å². The van der Waals surface area contributed by atoms with Gasteiger partial charge in [-0.1, -0.05) is 51.4 Å². The summed E-state index contributed by atoms with van der Waals surface area (Å²) >= 11 is 0. The van der Waals surface area contributed by atoms with Crippen LogP contribution in [0.2, 0.25) is 0 Å². The zero-order valence-corrected chi connectivity index (χ0v) is 12.2. The molecule has 0 heterocycles. The Hall–Kier alpha value is -0.570. The molecule has 0 radical (unpaired) electrons. The monoisotopic (exact) mass is 266 g/mol. The van der Waals surface area contributed by atoms with Crippen LogP contribution >= 0.6 is 0 Å². The van der Waals surface area contributed by atoms with E-state index < -0.39 is 0 Å². The van der Waals surface area contributed by atoms with Crippen LogP contribution < -0.4 is 11.1 Å². The Morgan fingerprint density at radius 2 is 1.58 bits per heavy atom. The third kappa shape index (κ3) is 4.79. The van der Waals surface area contributed by atoms with Crippen molar-refractivity contribution in [1.82, 2.24) is 5.32 Å². The van der Waals surface area contributed by atoms with Crippen LogP contribution in [0.5, 0.6) is 0 Å². The number of rotatable bonds is 4. The van der Waals surface area contributed by atoms with Crippen LogP contribution in [-0.2, 0) is 4.79 Å². The minimum atomic E-state index is 0.0638. The molecular formula is C16H30N2O. The number of hydrogen-bond acceptors (Lipinski definition) is 2. The normalized spacial score (nSPS) is 29.7. The minimum absolute atomic E-state index is 0.0638. The van der Waals surface area contributed by atoms with Gasteiger partial charge in [-0.25, -0.2) is 0 Å². The number of hydrogen-bond donors (Lipinski definition) is 2. The molecule has 2 aliphatic carbocycles. The van der Waals surface area contributed by atoms with E-state index in [0.717, 1.165) is 38.1 Å². The molecule has 0 aromatic heterocycles. The van der Waals surface area contributed by atoms with E-state index in [4.69, 9.17) is 5.73 Å². The SMILES string of the molecule is NC1CCCCCC1C(=O)NCCC1CCCCC1. The van der Waals surface area contributed by atoms with Gasteiger partial charge < -0.3 is 11.1 Å². The van der Waals surface area contributed by atoms with Crippen LogP contribution in [0.3, 0.4) is 0 Å². The molecule has 2 saturated carbocycles. The second-order valence-corrected chi connectivity index (χ2v) is 6.49. The highest BCUT2D eigenvalue weighted by atomic mass is 16.1. The van der Waals surface area contributed by atoms with Crippen molar-refractivity contribution < 1.29 is 4.79 Å². The Labute approximate surface area is 117 Å². The second-order valence-electron chi connectivity index (χ2n) is 6.49. The number of nitrogens with two attached hydrogens (primary N) is 1. The summed E-state index contributed by atoms with van der Waals surface area (Å²) in [5.74, 6) is 1.12. The van der Waals surface area contributed by atoms with Crippen molar-refractivity contribution in [3.05, 3.63) is 0 Å². The maximum atomic E-state index is 12.2. The molecule has 3 nitrogen and oxygen atoms in total. The van der Waals surface area contributed by atoms with Gasteiger partial charge in [-0.2, -0.15) is 0 Å². The van der Waals surface area contributed by atoms with Crippen molar-refractivity contribution in [2.75, 3.05) is 6.54 Å². The van der Waals surface area contributed by atoms with E-state index in [0.29, 0.717) is 0 Å². The summed E-state index contributed by atoms with van der Waals surface area (Å²) in [4.78, 5) is 12.2. The molecule has 3 N–H and O–H groups in total. The molecule has 0 aromatic carbocycles. The van der Waals surface area contributed by atoms with E-state index in [1.54, 1.807) is 0 Å². The van der Waals surface area contributed by atoms with Crippen molar-refractivity contribution in [1.29, 1.82) is 0 Å². The average molecular weight is 266 g/mol. The van der Waals surface area contributed by atoms with Gasteiger partial charge in [0.1, 0.15) is 0 Å². The summed E-state index contributed by atoms with van der Waals surface area (Å²) in [5, 5.41) is 3.14. The molecular weight excluding hydrogens is 236 g/mol. The van der Waals surface area contributed by atoms with E-state index in [1.807, 2.05) is 0 Å². The fourth-order valence-electron chi connectivity index (χ4n) is 3.67. The fraction of sp³-hybridized carbons (Fsp3) is 0.938. The Morgan fingerprint density at radius 1 is 0.947 bits per heavy atom. The first-order valence-corrected chi connectivity index (χ1v) is 8.30. The van der Waals surface area contributed by atoms with Crippen LogP contribution in [0.15, 0.2) is 0 Å². The number of carbonyl (C=O) groups is 1. The maximum Gasteiger partial charge on any atom is 0.224 e. The molecule has 0 spiro atoms. The molecule has 0 aliphatic heterocycles. The Bertz CT molecular complexity index is 274. The molecule has 19 heavy (non-hydrogen) atoms. The Balaban J connectivity index is 1.67. The predicted molar refractivity (Wildman–Crippen MR) is 78.8 cm³/mol. The zero-order valence-electron chi connectivity index (χ0n) is 12.2. The summed E-state index contributed by atoms with van der Waals surface area (Å²) in [6, 6.07) is 0.0807. The number of carbonyl (C=O) groups excluding carboxylic acids is 1. The number of amides is 1. The quantitative estimate of drug-likeness (QED) is 0.769. The first-order chi connectivity index (χ1) is 9.27. The van der Waals surface area contributed by atoms with Gasteiger partial charge in [0.15, 0.2) is 0 Å². The van der Waals surface area contributed by atoms with E-state index in [2.05, 4.69) is 5.32 Å². The highest BCUT2D eigenvalue weighted by molar-refractivity contribution is 5.79. The van der Waals surface area contributed by atoms with Crippen molar-refractivity contribution in [3.8, 4) is 0 Å². The first-order valence-electron chi connectivity index (χ1n) is 8.30. The summed E-state index contributed by atoms with van der Waals surface area (Å²) < 4.78 is 0. The molecule has 0 saturated heterocycles. The van der Waals surface area contributed by atoms with Gasteiger partial charge in [0.05, 0.1) is 5.92 Å². The maximum absolute atomic E-state index is 12.2. The van der Waals surface area contributed by atoms with Crippen LogP contribution in [0.1, 0.15) is 70.6 Å². The van der Waals surface area contributed by atoms with Gasteiger partial charge in [0.2, 0.25) is 5.91 Å². The lowest BCUT2D eigenvalue weighted by molar-refractivity contribution is -0.125. The van der Waals surface area contributed by atoms with Crippen molar-refractivity contribution >= 4 is 5.91 Å². The minimum Gasteiger partial charge on any atom is -0.356 e. The molecule has 0 bridgehead atoms. The highest BCUT2D eigenvalue weighted by Gasteiger charge is 2.26. The van der Waals surface area contributed by atoms with Gasteiger partial charge in [0, 0.05) is 12.6 Å². The second kappa shape index (κ2) is 7.88. The third-order valence-corrected chi connectivity index (χ3v) is 4.98. The van der Waals surface area contributed by atoms with Gasteiger partial charge in [0.25, 0.3) is 0 Å². The van der Waals surface area contributed by atoms with Gasteiger partial charge >= 0.3 is 0 Å². The smallest absolute Gasteiger partial charge is 0.224 e. The lowest BCUT2D eigenvalue weighted by Gasteiger charge is -2.23. The van der Waals surface area contributed by atoms with E-state index >= 15 is 0 Å². The lowest BCUT2D eigenvalue weighted by atomic mass is 9.87. The summed E-state index contributed by atoms with van der Waals surface area (Å²) in [7, 11) is 0. The van der Waals surface area contributed by atoms with Crippen LogP contribution in [-0.4, -0.2) is 18.5 Å². The lowest BCUT2D eigenvalue weighted by Crippen LogP contribution is -2.41. The average Bonchev–Trinajstić information content (AvgIpc) is 2.64. The van der Waals surface area contributed by atoms with Crippen molar-refractivity contribution in [3.63, 3.8) is 0 Å². The van der Waals surface area contributed by atoms with Gasteiger partial charge in [-0.15, -0.1) is 0 Å². The first kappa shape index (κ1) is 14.8. The van der Waals surface area contributed by atoms with Crippen LogP contribution in [0, 0.1) is 11.8 Å². The van der Waals surface area contributed by atoms with Crippen LogP contribution in [0.25, 0.3) is 0 Å². The summed E-state index contributed by atoms with van der Waals surface area (Å²) in [5.41, 5.74) is 6.13. The topological polar surface area (TPSA) is 55.1 Å². The van der Waals surface area contributed by atoms with Gasteiger partial charge in [-0.3, -0.25) is 4.79 Å². The standard InChI is InChI=1S/C16H30N2O/c17-15-10-6-2-5-9-14(15)16(19)18-12-11-13-7-3-1-4-8-13/h13-15H,1-12,17H2,(H,18,19).